The Morgan fingerprint density at radius 2 is 1.96 bits per heavy atom. The van der Waals surface area contributed by atoms with Gasteiger partial charge in [0.05, 0.1) is 17.8 Å². The maximum absolute atomic E-state index is 12.2. The normalized spacial score (nSPS) is 20.3. The van der Waals surface area contributed by atoms with Gasteiger partial charge < -0.3 is 9.80 Å². The van der Waals surface area contributed by atoms with E-state index >= 15 is 0 Å². The first-order chi connectivity index (χ1) is 12.2. The molecule has 3 aliphatic heterocycles. The van der Waals surface area contributed by atoms with Gasteiger partial charge in [0.15, 0.2) is 5.13 Å². The van der Waals surface area contributed by atoms with Crippen LogP contribution >= 0.6 is 11.3 Å². The minimum absolute atomic E-state index is 0.259. The smallest absolute Gasteiger partial charge is 0.231 e. The maximum Gasteiger partial charge on any atom is 0.231 e. The molecular formula is C20H23N3OS. The highest BCUT2D eigenvalue weighted by Gasteiger charge is 2.32. The van der Waals surface area contributed by atoms with Crippen molar-refractivity contribution >= 4 is 28.1 Å². The molecule has 4 nitrogen and oxygen atoms in total. The number of thiazole rings is 1. The van der Waals surface area contributed by atoms with E-state index in [-0.39, 0.29) is 5.91 Å². The van der Waals surface area contributed by atoms with Gasteiger partial charge in [0.1, 0.15) is 0 Å². The Labute approximate surface area is 152 Å². The summed E-state index contributed by atoms with van der Waals surface area (Å²) in [5, 5.41) is 3.33. The monoisotopic (exact) mass is 353 g/mol. The van der Waals surface area contributed by atoms with Crippen LogP contribution in [0, 0.1) is 5.92 Å². The van der Waals surface area contributed by atoms with E-state index in [4.69, 9.17) is 4.98 Å². The lowest BCUT2D eigenvalue weighted by atomic mass is 9.96. The summed E-state index contributed by atoms with van der Waals surface area (Å²) in [7, 11) is 0. The molecule has 1 aromatic carbocycles. The Morgan fingerprint density at radius 3 is 2.80 bits per heavy atom. The molecule has 1 aromatic heterocycles. The SMILES string of the molecule is CC1CCN(c2nc(-c3cc4c5c(c3)CC(=O)N5CCC4)cs2)CC1. The Morgan fingerprint density at radius 1 is 1.16 bits per heavy atom. The lowest BCUT2D eigenvalue weighted by Crippen LogP contribution is -2.32. The van der Waals surface area contributed by atoms with Gasteiger partial charge in [-0.2, -0.15) is 0 Å². The van der Waals surface area contributed by atoms with Crippen LogP contribution in [-0.2, 0) is 17.6 Å². The summed E-state index contributed by atoms with van der Waals surface area (Å²) < 4.78 is 0. The molecular weight excluding hydrogens is 330 g/mol. The van der Waals surface area contributed by atoms with Crippen LogP contribution in [0.3, 0.4) is 0 Å². The summed E-state index contributed by atoms with van der Waals surface area (Å²) in [5.41, 5.74) is 5.96. The molecule has 0 spiro atoms. The molecule has 1 fully saturated rings. The highest BCUT2D eigenvalue weighted by molar-refractivity contribution is 7.14. The Kier molecular flexibility index (Phi) is 3.59. The van der Waals surface area contributed by atoms with Crippen molar-refractivity contribution in [3.8, 4) is 11.3 Å². The molecule has 1 amide bonds. The lowest BCUT2D eigenvalue weighted by molar-refractivity contribution is -0.117. The fourth-order valence-electron chi connectivity index (χ4n) is 4.37. The Balaban J connectivity index is 1.47. The van der Waals surface area contributed by atoms with Crippen LogP contribution < -0.4 is 9.80 Å². The van der Waals surface area contributed by atoms with Gasteiger partial charge in [-0.25, -0.2) is 4.98 Å². The topological polar surface area (TPSA) is 36.4 Å². The van der Waals surface area contributed by atoms with Crippen molar-refractivity contribution in [3.63, 3.8) is 0 Å². The van der Waals surface area contributed by atoms with E-state index < -0.39 is 0 Å². The summed E-state index contributed by atoms with van der Waals surface area (Å²) in [6, 6.07) is 4.46. The zero-order chi connectivity index (χ0) is 17.0. The maximum atomic E-state index is 12.2. The number of benzene rings is 1. The standard InChI is InChI=1S/C20H23N3OS/c1-13-4-7-22(8-5-13)20-21-17(12-25-20)15-9-14-3-2-6-23-18(24)11-16(10-15)19(14)23/h9-10,12-13H,2-8,11H2,1H3. The minimum Gasteiger partial charge on any atom is -0.348 e. The van der Waals surface area contributed by atoms with Crippen LogP contribution in [0.15, 0.2) is 17.5 Å². The van der Waals surface area contributed by atoms with E-state index in [0.717, 1.165) is 49.2 Å². The zero-order valence-corrected chi connectivity index (χ0v) is 15.4. The average Bonchev–Trinajstić information content (AvgIpc) is 3.23. The molecule has 0 aliphatic carbocycles. The minimum atomic E-state index is 0.259. The van der Waals surface area contributed by atoms with Gasteiger partial charge in [-0.05, 0) is 54.9 Å². The van der Waals surface area contributed by atoms with Gasteiger partial charge >= 0.3 is 0 Å². The van der Waals surface area contributed by atoms with Gasteiger partial charge in [0.2, 0.25) is 5.91 Å². The number of aryl methyl sites for hydroxylation is 1. The number of anilines is 2. The van der Waals surface area contributed by atoms with E-state index in [1.165, 1.54) is 35.2 Å². The van der Waals surface area contributed by atoms with E-state index in [1.54, 1.807) is 11.3 Å². The van der Waals surface area contributed by atoms with Crippen LogP contribution in [0.25, 0.3) is 11.3 Å². The molecule has 5 rings (SSSR count). The molecule has 0 radical (unpaired) electrons. The van der Waals surface area contributed by atoms with E-state index in [2.05, 4.69) is 29.3 Å². The highest BCUT2D eigenvalue weighted by atomic mass is 32.1. The summed E-state index contributed by atoms with van der Waals surface area (Å²) in [5.74, 6) is 1.09. The van der Waals surface area contributed by atoms with Crippen molar-refractivity contribution in [3.05, 3.63) is 28.6 Å². The predicted molar refractivity (Wildman–Crippen MR) is 103 cm³/mol. The van der Waals surface area contributed by atoms with Crippen molar-refractivity contribution < 1.29 is 4.79 Å². The number of nitrogens with zero attached hydrogens (tertiary/aromatic N) is 3. The average molecular weight is 353 g/mol. The molecule has 0 bridgehead atoms. The summed E-state index contributed by atoms with van der Waals surface area (Å²) in [6.07, 6.45) is 5.21. The first-order valence-electron chi connectivity index (χ1n) is 9.36. The molecule has 0 saturated carbocycles. The molecule has 25 heavy (non-hydrogen) atoms. The van der Waals surface area contributed by atoms with E-state index in [1.807, 2.05) is 4.90 Å². The van der Waals surface area contributed by atoms with E-state index in [0.29, 0.717) is 6.42 Å². The van der Waals surface area contributed by atoms with Crippen molar-refractivity contribution in [2.24, 2.45) is 5.92 Å². The number of hydrogen-bond donors (Lipinski definition) is 0. The number of carbonyl (C=O) groups is 1. The summed E-state index contributed by atoms with van der Waals surface area (Å²) >= 11 is 1.75. The predicted octanol–water partition coefficient (Wildman–Crippen LogP) is 3.88. The second-order valence-corrected chi connectivity index (χ2v) is 8.49. The summed E-state index contributed by atoms with van der Waals surface area (Å²) in [6.45, 7) is 5.46. The highest BCUT2D eigenvalue weighted by Crippen LogP contribution is 2.40. The van der Waals surface area contributed by atoms with Crippen LogP contribution in [0.5, 0.6) is 0 Å². The number of amides is 1. The second kappa shape index (κ2) is 5.84. The molecule has 0 atom stereocenters. The van der Waals surface area contributed by atoms with Gasteiger partial charge in [-0.15, -0.1) is 11.3 Å². The van der Waals surface area contributed by atoms with Crippen LogP contribution in [0.2, 0.25) is 0 Å². The first kappa shape index (κ1) is 15.4. The van der Waals surface area contributed by atoms with Gasteiger partial charge in [0.25, 0.3) is 0 Å². The Hall–Kier alpha value is -1.88. The molecule has 0 unspecified atom stereocenters. The number of hydrogen-bond acceptors (Lipinski definition) is 4. The number of rotatable bonds is 2. The first-order valence-corrected chi connectivity index (χ1v) is 10.2. The molecule has 5 heteroatoms. The fraction of sp³-hybridized carbons (Fsp3) is 0.500. The number of aromatic nitrogens is 1. The molecule has 130 valence electrons. The van der Waals surface area contributed by atoms with Crippen molar-refractivity contribution in [2.75, 3.05) is 29.4 Å². The van der Waals surface area contributed by atoms with Crippen LogP contribution in [-0.4, -0.2) is 30.5 Å². The van der Waals surface area contributed by atoms with Crippen molar-refractivity contribution in [1.29, 1.82) is 0 Å². The summed E-state index contributed by atoms with van der Waals surface area (Å²) in [4.78, 5) is 21.6. The number of piperidine rings is 1. The van der Waals surface area contributed by atoms with E-state index in [9.17, 15) is 4.79 Å². The molecule has 4 heterocycles. The van der Waals surface area contributed by atoms with Gasteiger partial charge in [-0.1, -0.05) is 6.92 Å². The molecule has 3 aliphatic rings. The largest absolute Gasteiger partial charge is 0.348 e. The van der Waals surface area contributed by atoms with Gasteiger partial charge in [0, 0.05) is 30.6 Å². The molecule has 2 aromatic rings. The lowest BCUT2D eigenvalue weighted by Gasteiger charge is -2.29. The van der Waals surface area contributed by atoms with Crippen LogP contribution in [0.4, 0.5) is 10.8 Å². The molecule has 1 saturated heterocycles. The number of carbonyl (C=O) groups excluding carboxylic acids is 1. The molecule has 0 N–H and O–H groups in total. The second-order valence-electron chi connectivity index (χ2n) is 7.65. The third-order valence-corrected chi connectivity index (χ3v) is 6.75. The fourth-order valence-corrected chi connectivity index (χ4v) is 5.26. The Bertz CT molecular complexity index is 835. The quantitative estimate of drug-likeness (QED) is 0.822. The third-order valence-electron chi connectivity index (χ3n) is 5.85. The van der Waals surface area contributed by atoms with Crippen molar-refractivity contribution in [2.45, 2.75) is 39.0 Å². The van der Waals surface area contributed by atoms with Gasteiger partial charge in [-0.3, -0.25) is 4.79 Å². The zero-order valence-electron chi connectivity index (χ0n) is 14.6. The third kappa shape index (κ3) is 2.56. The van der Waals surface area contributed by atoms with Crippen LogP contribution in [0.1, 0.15) is 37.3 Å². The van der Waals surface area contributed by atoms with Crippen molar-refractivity contribution in [1.82, 2.24) is 4.98 Å².